The van der Waals surface area contributed by atoms with E-state index >= 15 is 0 Å². The van der Waals surface area contributed by atoms with Crippen molar-refractivity contribution >= 4 is 11.8 Å². The van der Waals surface area contributed by atoms with Crippen molar-refractivity contribution in [2.75, 3.05) is 13.1 Å². The summed E-state index contributed by atoms with van der Waals surface area (Å²) in [5, 5.41) is 3.06. The van der Waals surface area contributed by atoms with E-state index in [1.165, 1.54) is 0 Å². The summed E-state index contributed by atoms with van der Waals surface area (Å²) in [5.41, 5.74) is 5.06. The van der Waals surface area contributed by atoms with Gasteiger partial charge in [0.2, 0.25) is 11.8 Å². The van der Waals surface area contributed by atoms with Crippen LogP contribution in [0.2, 0.25) is 0 Å². The largest absolute Gasteiger partial charge is 0.352 e. The van der Waals surface area contributed by atoms with E-state index in [2.05, 4.69) is 5.32 Å². The van der Waals surface area contributed by atoms with Gasteiger partial charge in [-0.15, -0.1) is 0 Å². The molecule has 0 atom stereocenters. The van der Waals surface area contributed by atoms with Crippen molar-refractivity contribution in [3.05, 3.63) is 0 Å². The molecule has 0 aromatic carbocycles. The van der Waals surface area contributed by atoms with Crippen molar-refractivity contribution in [3.8, 4) is 0 Å². The fraction of sp³-hybridized carbons (Fsp3) is 0.867. The summed E-state index contributed by atoms with van der Waals surface area (Å²) in [4.78, 5) is 26.2. The first kappa shape index (κ1) is 15.3. The number of rotatable bonds is 2. The van der Waals surface area contributed by atoms with E-state index in [4.69, 9.17) is 5.73 Å². The van der Waals surface area contributed by atoms with Gasteiger partial charge in [-0.05, 0) is 32.1 Å². The number of carbonyl (C=O) groups is 2. The van der Waals surface area contributed by atoms with Crippen molar-refractivity contribution in [1.29, 1.82) is 0 Å². The lowest BCUT2D eigenvalue weighted by Crippen LogP contribution is -2.61. The molecule has 0 spiro atoms. The first-order chi connectivity index (χ1) is 9.22. The van der Waals surface area contributed by atoms with Gasteiger partial charge in [0.05, 0.1) is 5.54 Å². The number of likely N-dealkylation sites (tertiary alicyclic amines) is 1. The first-order valence-corrected chi connectivity index (χ1v) is 7.62. The molecule has 3 N–H and O–H groups in total. The van der Waals surface area contributed by atoms with Gasteiger partial charge in [-0.3, -0.25) is 9.59 Å². The molecular weight excluding hydrogens is 254 g/mol. The summed E-state index contributed by atoms with van der Waals surface area (Å²) in [6.07, 6.45) is 4.27. The van der Waals surface area contributed by atoms with Gasteiger partial charge in [-0.2, -0.15) is 0 Å². The fourth-order valence-electron chi connectivity index (χ4n) is 2.82. The molecule has 1 saturated heterocycles. The van der Waals surface area contributed by atoms with Crippen molar-refractivity contribution in [1.82, 2.24) is 10.2 Å². The van der Waals surface area contributed by atoms with Crippen molar-refractivity contribution in [2.45, 2.75) is 64.5 Å². The second kappa shape index (κ2) is 5.35. The highest BCUT2D eigenvalue weighted by Crippen LogP contribution is 2.29. The van der Waals surface area contributed by atoms with Crippen LogP contribution in [0.3, 0.4) is 0 Å². The molecule has 0 aromatic heterocycles. The third-order valence-corrected chi connectivity index (χ3v) is 4.46. The van der Waals surface area contributed by atoms with E-state index in [-0.39, 0.29) is 23.3 Å². The number of nitrogens with two attached hydrogens (primary N) is 1. The number of nitrogens with zero attached hydrogens (tertiary/aromatic N) is 1. The molecule has 2 aliphatic rings. The maximum absolute atomic E-state index is 12.2. The van der Waals surface area contributed by atoms with Crippen LogP contribution in [0.4, 0.5) is 0 Å². The Bertz CT molecular complexity index is 388. The van der Waals surface area contributed by atoms with Crippen molar-refractivity contribution in [2.24, 2.45) is 11.1 Å². The van der Waals surface area contributed by atoms with Gasteiger partial charge in [0.25, 0.3) is 0 Å². The van der Waals surface area contributed by atoms with Gasteiger partial charge in [-0.1, -0.05) is 20.8 Å². The van der Waals surface area contributed by atoms with Gasteiger partial charge >= 0.3 is 0 Å². The van der Waals surface area contributed by atoms with Gasteiger partial charge in [0.15, 0.2) is 0 Å². The Kier molecular flexibility index (Phi) is 4.09. The molecule has 1 aliphatic carbocycles. The van der Waals surface area contributed by atoms with E-state index in [9.17, 15) is 9.59 Å². The highest BCUT2D eigenvalue weighted by atomic mass is 16.2. The minimum atomic E-state index is -0.627. The molecule has 0 aromatic rings. The lowest BCUT2D eigenvalue weighted by molar-refractivity contribution is -0.140. The molecule has 0 unspecified atom stereocenters. The second-order valence-electron chi connectivity index (χ2n) is 7.30. The average molecular weight is 281 g/mol. The second-order valence-corrected chi connectivity index (χ2v) is 7.30. The Morgan fingerprint density at radius 3 is 2.15 bits per heavy atom. The van der Waals surface area contributed by atoms with Crippen LogP contribution in [0.1, 0.15) is 52.9 Å². The van der Waals surface area contributed by atoms with Gasteiger partial charge < -0.3 is 16.0 Å². The van der Waals surface area contributed by atoms with Gasteiger partial charge in [0, 0.05) is 24.5 Å². The van der Waals surface area contributed by atoms with Crippen LogP contribution in [-0.4, -0.2) is 41.4 Å². The number of carbonyl (C=O) groups excluding carboxylic acids is 2. The number of nitrogens with one attached hydrogen (secondary N) is 1. The summed E-state index contributed by atoms with van der Waals surface area (Å²) < 4.78 is 0. The lowest BCUT2D eigenvalue weighted by Gasteiger charge is -2.40. The zero-order valence-corrected chi connectivity index (χ0v) is 12.9. The number of hydrogen-bond donors (Lipinski definition) is 2. The minimum absolute atomic E-state index is 0.00986. The molecule has 0 bridgehead atoms. The Hall–Kier alpha value is -1.10. The zero-order chi connectivity index (χ0) is 15.0. The molecule has 1 aliphatic heterocycles. The number of amides is 2. The Morgan fingerprint density at radius 2 is 1.75 bits per heavy atom. The lowest BCUT2D eigenvalue weighted by atomic mass is 9.77. The summed E-state index contributed by atoms with van der Waals surface area (Å²) >= 11 is 0. The first-order valence-electron chi connectivity index (χ1n) is 7.62. The Morgan fingerprint density at radius 1 is 1.20 bits per heavy atom. The summed E-state index contributed by atoms with van der Waals surface area (Å²) in [6, 6.07) is 0.160. The standard InChI is InChI=1S/C15H27N3O2/c1-14(2,3)13(20)18-9-5-11(6-10-18)17-12(19)15(16)7-4-8-15/h11H,4-10,16H2,1-3H3,(H,17,19). The number of hydrogen-bond acceptors (Lipinski definition) is 3. The quantitative estimate of drug-likeness (QED) is 0.793. The molecule has 1 saturated carbocycles. The van der Waals surface area contributed by atoms with Crippen LogP contribution >= 0.6 is 0 Å². The highest BCUT2D eigenvalue weighted by Gasteiger charge is 2.41. The molecule has 2 rings (SSSR count). The number of piperidine rings is 1. The third-order valence-electron chi connectivity index (χ3n) is 4.46. The molecule has 20 heavy (non-hydrogen) atoms. The molecule has 5 heteroatoms. The van der Waals surface area contributed by atoms with E-state index < -0.39 is 5.54 Å². The molecule has 2 fully saturated rings. The topological polar surface area (TPSA) is 75.4 Å². The van der Waals surface area contributed by atoms with Crippen LogP contribution < -0.4 is 11.1 Å². The van der Waals surface area contributed by atoms with E-state index in [1.807, 2.05) is 25.7 Å². The van der Waals surface area contributed by atoms with Gasteiger partial charge in [0.1, 0.15) is 0 Å². The molecule has 0 radical (unpaired) electrons. The van der Waals surface area contributed by atoms with E-state index in [1.54, 1.807) is 0 Å². The SMILES string of the molecule is CC(C)(C)C(=O)N1CCC(NC(=O)C2(N)CCC2)CC1. The summed E-state index contributed by atoms with van der Waals surface area (Å²) in [6.45, 7) is 7.27. The Labute approximate surface area is 121 Å². The van der Waals surface area contributed by atoms with Crippen molar-refractivity contribution in [3.63, 3.8) is 0 Å². The average Bonchev–Trinajstić information content (AvgIpc) is 2.34. The molecule has 1 heterocycles. The summed E-state index contributed by atoms with van der Waals surface area (Å²) in [5.74, 6) is 0.181. The third kappa shape index (κ3) is 3.14. The van der Waals surface area contributed by atoms with Crippen molar-refractivity contribution < 1.29 is 9.59 Å². The van der Waals surface area contributed by atoms with Crippen LogP contribution in [-0.2, 0) is 9.59 Å². The van der Waals surface area contributed by atoms with Crippen LogP contribution in [0.5, 0.6) is 0 Å². The smallest absolute Gasteiger partial charge is 0.240 e. The van der Waals surface area contributed by atoms with Crippen LogP contribution in [0.25, 0.3) is 0 Å². The molecule has 114 valence electrons. The molecule has 5 nitrogen and oxygen atoms in total. The minimum Gasteiger partial charge on any atom is -0.352 e. The normalized spacial score (nSPS) is 23.1. The van der Waals surface area contributed by atoms with Gasteiger partial charge in [-0.25, -0.2) is 0 Å². The fourth-order valence-corrected chi connectivity index (χ4v) is 2.82. The maximum Gasteiger partial charge on any atom is 0.240 e. The predicted octanol–water partition coefficient (Wildman–Crippen LogP) is 1.02. The molecule has 2 amide bonds. The maximum atomic E-state index is 12.2. The Balaban J connectivity index is 1.80. The molecular formula is C15H27N3O2. The van der Waals surface area contributed by atoms with Crippen LogP contribution in [0.15, 0.2) is 0 Å². The highest BCUT2D eigenvalue weighted by molar-refractivity contribution is 5.87. The van der Waals surface area contributed by atoms with Crippen LogP contribution in [0, 0.1) is 5.41 Å². The van der Waals surface area contributed by atoms with E-state index in [0.29, 0.717) is 0 Å². The van der Waals surface area contributed by atoms with E-state index in [0.717, 1.165) is 45.2 Å². The summed E-state index contributed by atoms with van der Waals surface area (Å²) in [7, 11) is 0. The predicted molar refractivity (Wildman–Crippen MR) is 78.0 cm³/mol. The zero-order valence-electron chi connectivity index (χ0n) is 12.9. The monoisotopic (exact) mass is 281 g/mol.